The molecule has 0 aliphatic carbocycles. The zero-order valence-corrected chi connectivity index (χ0v) is 20.2. The highest BCUT2D eigenvalue weighted by Gasteiger charge is 2.38. The molecule has 10 heteroatoms. The first-order valence-corrected chi connectivity index (χ1v) is 12.1. The fraction of sp³-hybridized carbons (Fsp3) is 0.417. The number of benzene rings is 2. The molecule has 1 fully saturated rings. The van der Waals surface area contributed by atoms with Crippen molar-refractivity contribution in [3.63, 3.8) is 0 Å². The van der Waals surface area contributed by atoms with Gasteiger partial charge in [0.05, 0.1) is 18.8 Å². The van der Waals surface area contributed by atoms with E-state index in [9.17, 15) is 9.90 Å². The number of amides is 1. The lowest BCUT2D eigenvalue weighted by Crippen LogP contribution is -2.38. The van der Waals surface area contributed by atoms with Crippen LogP contribution < -0.4 is 5.32 Å². The van der Waals surface area contributed by atoms with E-state index in [1.54, 1.807) is 16.4 Å². The highest BCUT2D eigenvalue weighted by molar-refractivity contribution is 7.99. The van der Waals surface area contributed by atoms with Crippen molar-refractivity contribution in [3.05, 3.63) is 70.8 Å². The molecule has 0 spiro atoms. The minimum Gasteiger partial charge on any atom is -0.392 e. The number of hydrogen-bond acceptors (Lipinski definition) is 8. The number of aryl methyl sites for hydroxylation is 1. The molecular formula is C24H29N5O4S. The van der Waals surface area contributed by atoms with Crippen molar-refractivity contribution < 1.29 is 19.4 Å². The lowest BCUT2D eigenvalue weighted by atomic mass is 9.91. The Bertz CT molecular complexity index is 1090. The third kappa shape index (κ3) is 5.82. The van der Waals surface area contributed by atoms with Gasteiger partial charge < -0.3 is 19.9 Å². The van der Waals surface area contributed by atoms with Crippen LogP contribution in [-0.4, -0.2) is 43.1 Å². The number of carbonyl (C=O) groups is 1. The Morgan fingerprint density at radius 1 is 1.09 bits per heavy atom. The maximum Gasteiger partial charge on any atom is 0.217 e. The number of tetrazole rings is 1. The van der Waals surface area contributed by atoms with Crippen LogP contribution in [0.25, 0.3) is 0 Å². The van der Waals surface area contributed by atoms with Crippen LogP contribution in [0.1, 0.15) is 48.5 Å². The van der Waals surface area contributed by atoms with Gasteiger partial charge in [-0.25, -0.2) is 4.68 Å². The fourth-order valence-corrected chi connectivity index (χ4v) is 4.84. The van der Waals surface area contributed by atoms with Crippen molar-refractivity contribution >= 4 is 17.7 Å². The first-order valence-electron chi connectivity index (χ1n) is 11.1. The molecule has 1 amide bonds. The van der Waals surface area contributed by atoms with Crippen LogP contribution in [0.4, 0.5) is 0 Å². The van der Waals surface area contributed by atoms with Gasteiger partial charge >= 0.3 is 0 Å². The molecule has 2 N–H and O–H groups in total. The van der Waals surface area contributed by atoms with Crippen molar-refractivity contribution in [1.82, 2.24) is 25.5 Å². The lowest BCUT2D eigenvalue weighted by molar-refractivity contribution is -0.268. The topological polar surface area (TPSA) is 111 Å². The number of rotatable bonds is 8. The Morgan fingerprint density at radius 2 is 1.76 bits per heavy atom. The first kappa shape index (κ1) is 24.3. The summed E-state index contributed by atoms with van der Waals surface area (Å²) in [5.41, 5.74) is 3.80. The van der Waals surface area contributed by atoms with Gasteiger partial charge in [-0.05, 0) is 27.1 Å². The molecule has 2 heterocycles. The summed E-state index contributed by atoms with van der Waals surface area (Å²) in [6.45, 7) is 4.10. The number of carbonyl (C=O) groups excluding carboxylic acids is 1. The molecule has 1 aliphatic rings. The lowest BCUT2D eigenvalue weighted by Gasteiger charge is -2.41. The summed E-state index contributed by atoms with van der Waals surface area (Å²) in [6, 6.07) is 15.7. The van der Waals surface area contributed by atoms with Crippen LogP contribution >= 0.6 is 11.8 Å². The third-order valence-corrected chi connectivity index (χ3v) is 6.97. The normalized spacial score (nSPS) is 22.5. The highest BCUT2D eigenvalue weighted by Crippen LogP contribution is 2.42. The summed E-state index contributed by atoms with van der Waals surface area (Å²) < 4.78 is 14.5. The molecule has 1 aliphatic heterocycles. The van der Waals surface area contributed by atoms with E-state index in [0.717, 1.165) is 27.4 Å². The van der Waals surface area contributed by atoms with Gasteiger partial charge in [0, 0.05) is 37.8 Å². The van der Waals surface area contributed by atoms with E-state index in [2.05, 4.69) is 27.8 Å². The molecule has 34 heavy (non-hydrogen) atoms. The second-order valence-electron chi connectivity index (χ2n) is 8.37. The fourth-order valence-electron chi connectivity index (χ4n) is 3.83. The average Bonchev–Trinajstić information content (AvgIpc) is 3.27. The second kappa shape index (κ2) is 11.1. The SMILES string of the molecule is CC(=O)NCc1ccc([C@@H]2O[C@H](CSc3nnnn3C)[C@H](C)[C@H](c3ccc(CO)cc3)O2)cc1. The van der Waals surface area contributed by atoms with Gasteiger partial charge in [-0.1, -0.05) is 67.2 Å². The molecular weight excluding hydrogens is 454 g/mol. The van der Waals surface area contributed by atoms with Crippen molar-refractivity contribution in [2.24, 2.45) is 13.0 Å². The van der Waals surface area contributed by atoms with Crippen LogP contribution in [0.2, 0.25) is 0 Å². The Balaban J connectivity index is 1.55. The summed E-state index contributed by atoms with van der Waals surface area (Å²) in [4.78, 5) is 11.2. The summed E-state index contributed by atoms with van der Waals surface area (Å²) in [7, 11) is 1.81. The quantitative estimate of drug-likeness (QED) is 0.471. The van der Waals surface area contributed by atoms with Crippen LogP contribution in [0.3, 0.4) is 0 Å². The van der Waals surface area contributed by atoms with Crippen LogP contribution in [-0.2, 0) is 34.5 Å². The Morgan fingerprint density at radius 3 is 2.38 bits per heavy atom. The maximum atomic E-state index is 11.2. The van der Waals surface area contributed by atoms with Crippen LogP contribution in [0.5, 0.6) is 0 Å². The van der Waals surface area contributed by atoms with Gasteiger partial charge in [0.2, 0.25) is 11.1 Å². The highest BCUT2D eigenvalue weighted by atomic mass is 32.2. The summed E-state index contributed by atoms with van der Waals surface area (Å²) in [5.74, 6) is 0.677. The zero-order chi connectivity index (χ0) is 24.1. The number of nitrogens with zero attached hydrogens (tertiary/aromatic N) is 4. The predicted octanol–water partition coefficient (Wildman–Crippen LogP) is 2.92. The standard InChI is InChI=1S/C24H29N5O4S/c1-15-21(14-34-24-26-27-28-29(24)3)32-23(20-10-4-17(5-11-20)12-25-16(2)31)33-22(15)19-8-6-18(13-30)7-9-19/h4-11,15,21-23,30H,12-14H2,1-3H3,(H,25,31)/t15-,21+,22+,23+/m0/s1. The van der Waals surface area contributed by atoms with Gasteiger partial charge in [-0.3, -0.25) is 4.79 Å². The molecule has 9 nitrogen and oxygen atoms in total. The third-order valence-electron chi connectivity index (χ3n) is 5.87. The number of ether oxygens (including phenoxy) is 2. The molecule has 2 aromatic carbocycles. The second-order valence-corrected chi connectivity index (χ2v) is 9.36. The van der Waals surface area contributed by atoms with Gasteiger partial charge in [0.1, 0.15) is 0 Å². The number of aliphatic hydroxyl groups excluding tert-OH is 1. The molecule has 0 saturated carbocycles. The molecule has 4 rings (SSSR count). The van der Waals surface area contributed by atoms with Gasteiger partial charge in [-0.2, -0.15) is 0 Å². The molecule has 1 aromatic heterocycles. The van der Waals surface area contributed by atoms with E-state index in [0.29, 0.717) is 12.3 Å². The molecule has 0 radical (unpaired) electrons. The smallest absolute Gasteiger partial charge is 0.217 e. The Labute approximate surface area is 202 Å². The Hall–Kier alpha value is -2.79. The van der Waals surface area contributed by atoms with Gasteiger partial charge in [-0.15, -0.1) is 5.10 Å². The summed E-state index contributed by atoms with van der Waals surface area (Å²) in [5, 5.41) is 24.6. The predicted molar refractivity (Wildman–Crippen MR) is 126 cm³/mol. The number of thioether (sulfide) groups is 1. The van der Waals surface area contributed by atoms with Crippen molar-refractivity contribution in [2.45, 2.75) is 50.7 Å². The maximum absolute atomic E-state index is 11.2. The van der Waals surface area contributed by atoms with E-state index < -0.39 is 6.29 Å². The van der Waals surface area contributed by atoms with Crippen LogP contribution in [0.15, 0.2) is 53.7 Å². The number of nitrogens with one attached hydrogen (secondary N) is 1. The van der Waals surface area contributed by atoms with Crippen molar-refractivity contribution in [2.75, 3.05) is 5.75 Å². The van der Waals surface area contributed by atoms with Crippen molar-refractivity contribution in [3.8, 4) is 0 Å². The molecule has 0 bridgehead atoms. The molecule has 3 aromatic rings. The average molecular weight is 484 g/mol. The van der Waals surface area contributed by atoms with Gasteiger partial charge in [0.25, 0.3) is 0 Å². The van der Waals surface area contributed by atoms with E-state index in [4.69, 9.17) is 9.47 Å². The van der Waals surface area contributed by atoms with Crippen LogP contribution in [0, 0.1) is 5.92 Å². The Kier molecular flexibility index (Phi) is 7.94. The van der Waals surface area contributed by atoms with Crippen molar-refractivity contribution in [1.29, 1.82) is 0 Å². The van der Waals surface area contributed by atoms with E-state index in [1.165, 1.54) is 6.92 Å². The van der Waals surface area contributed by atoms with E-state index in [-0.39, 0.29) is 30.6 Å². The molecule has 0 unspecified atom stereocenters. The largest absolute Gasteiger partial charge is 0.392 e. The number of aliphatic hydroxyl groups is 1. The number of aromatic nitrogens is 4. The minimum absolute atomic E-state index is 0.00291. The summed E-state index contributed by atoms with van der Waals surface area (Å²) in [6.07, 6.45) is -0.840. The molecule has 1 saturated heterocycles. The summed E-state index contributed by atoms with van der Waals surface area (Å²) >= 11 is 1.55. The first-order chi connectivity index (χ1) is 16.4. The number of hydrogen-bond donors (Lipinski definition) is 2. The minimum atomic E-state index is -0.545. The van der Waals surface area contributed by atoms with E-state index in [1.807, 2.05) is 55.6 Å². The zero-order valence-electron chi connectivity index (χ0n) is 19.4. The van der Waals surface area contributed by atoms with Gasteiger partial charge in [0.15, 0.2) is 6.29 Å². The monoisotopic (exact) mass is 483 g/mol. The van der Waals surface area contributed by atoms with E-state index >= 15 is 0 Å². The molecule has 4 atom stereocenters. The molecule has 180 valence electrons.